The third-order valence-corrected chi connectivity index (χ3v) is 2.30. The molecule has 0 fully saturated rings. The molecule has 8 nitrogen and oxygen atoms in total. The zero-order valence-electron chi connectivity index (χ0n) is 14.4. The van der Waals surface area contributed by atoms with E-state index in [0.29, 0.717) is 0 Å². The van der Waals surface area contributed by atoms with Crippen molar-refractivity contribution < 1.29 is 39.4 Å². The van der Waals surface area contributed by atoms with E-state index in [0.717, 1.165) is 12.1 Å². The van der Waals surface area contributed by atoms with Gasteiger partial charge in [-0.3, -0.25) is 0 Å². The first-order chi connectivity index (χ1) is 10.8. The van der Waals surface area contributed by atoms with Crippen LogP contribution in [-0.4, -0.2) is 23.1 Å². The maximum atomic E-state index is 11.3. The molecule has 0 aliphatic rings. The molecular weight excluding hydrogens is 320 g/mol. The molecule has 1 rings (SSSR count). The van der Waals surface area contributed by atoms with Crippen LogP contribution in [-0.2, 0) is 9.78 Å². The molecule has 0 aliphatic carbocycles. The number of carboxylic acids is 2. The fraction of sp³-hybridized carbons (Fsp3) is 0.500. The zero-order valence-corrected chi connectivity index (χ0v) is 14.4. The van der Waals surface area contributed by atoms with Gasteiger partial charge in [0.15, 0.2) is 0 Å². The molecule has 8 heteroatoms. The minimum absolute atomic E-state index is 0.461. The number of hydrogen-bond acceptors (Lipinski definition) is 8. The van der Waals surface area contributed by atoms with Crippen LogP contribution >= 0.6 is 0 Å². The van der Waals surface area contributed by atoms with E-state index in [-0.39, 0.29) is 0 Å². The number of rotatable bonds is 6. The second-order valence-electron chi connectivity index (χ2n) is 6.95. The van der Waals surface area contributed by atoms with Gasteiger partial charge in [-0.1, -0.05) is 0 Å². The molecule has 0 radical (unpaired) electrons. The van der Waals surface area contributed by atoms with Gasteiger partial charge in [0.2, 0.25) is 11.5 Å². The van der Waals surface area contributed by atoms with E-state index < -0.39 is 45.8 Å². The number of benzene rings is 1. The summed E-state index contributed by atoms with van der Waals surface area (Å²) < 4.78 is 0. The fourth-order valence-corrected chi connectivity index (χ4v) is 1.38. The molecule has 0 saturated carbocycles. The topological polar surface area (TPSA) is 117 Å². The van der Waals surface area contributed by atoms with Crippen molar-refractivity contribution in [1.29, 1.82) is 0 Å². The predicted molar refractivity (Wildman–Crippen MR) is 78.0 cm³/mol. The second-order valence-corrected chi connectivity index (χ2v) is 6.95. The van der Waals surface area contributed by atoms with E-state index >= 15 is 0 Å². The molecular formula is C16H20O8-2. The molecule has 0 bridgehead atoms. The average molecular weight is 340 g/mol. The second kappa shape index (κ2) is 7.06. The fourth-order valence-electron chi connectivity index (χ4n) is 1.38. The largest absolute Gasteiger partial charge is 0.545 e. The Morgan fingerprint density at radius 3 is 1.25 bits per heavy atom. The van der Waals surface area contributed by atoms with Crippen molar-refractivity contribution in [2.45, 2.75) is 52.7 Å². The lowest BCUT2D eigenvalue weighted by atomic mass is 10.1. The number of carbonyl (C=O) groups excluding carboxylic acids is 2. The first-order valence-corrected chi connectivity index (χ1v) is 7.13. The standard InChI is InChI=1S/C16H22O8/c1-15(2,3)23-21-11-9(13(17)18)7-8-10(14(19)20)12(11)22-24-16(4,5)6/h7-8H,1-6H3,(H,17,18)(H,19,20)/p-2. The molecule has 0 atom stereocenters. The van der Waals surface area contributed by atoms with Gasteiger partial charge in [-0.25, -0.2) is 0 Å². The Morgan fingerprint density at radius 2 is 1.04 bits per heavy atom. The van der Waals surface area contributed by atoms with E-state index in [1.165, 1.54) is 0 Å². The van der Waals surface area contributed by atoms with Crippen molar-refractivity contribution in [2.75, 3.05) is 0 Å². The summed E-state index contributed by atoms with van der Waals surface area (Å²) in [5.74, 6) is -4.19. The first-order valence-electron chi connectivity index (χ1n) is 7.13. The molecule has 0 unspecified atom stereocenters. The summed E-state index contributed by atoms with van der Waals surface area (Å²) in [5.41, 5.74) is -2.53. The van der Waals surface area contributed by atoms with E-state index in [2.05, 4.69) is 0 Å². The molecule has 0 heterocycles. The lowest BCUT2D eigenvalue weighted by Crippen LogP contribution is -2.29. The van der Waals surface area contributed by atoms with Gasteiger partial charge < -0.3 is 29.6 Å². The number of carboxylic acid groups (broad SMARTS) is 2. The Balaban J connectivity index is 3.42. The Bertz CT molecular complexity index is 567. The van der Waals surface area contributed by atoms with E-state index in [9.17, 15) is 19.8 Å². The lowest BCUT2D eigenvalue weighted by molar-refractivity contribution is -0.295. The van der Waals surface area contributed by atoms with Crippen LogP contribution in [0.15, 0.2) is 12.1 Å². The summed E-state index contributed by atoms with van der Waals surface area (Å²) in [4.78, 5) is 42.8. The van der Waals surface area contributed by atoms with Gasteiger partial charge in [0, 0.05) is 11.1 Å². The quantitative estimate of drug-likeness (QED) is 0.547. The van der Waals surface area contributed by atoms with Crippen molar-refractivity contribution in [3.05, 3.63) is 23.3 Å². The smallest absolute Gasteiger partial charge is 0.221 e. The van der Waals surface area contributed by atoms with Gasteiger partial charge in [0.05, 0.1) is 11.9 Å². The SMILES string of the molecule is CC(C)(C)OOc1c(C(=O)[O-])ccc(C(=O)[O-])c1OOC(C)(C)C. The van der Waals surface area contributed by atoms with Crippen LogP contribution in [0.3, 0.4) is 0 Å². The van der Waals surface area contributed by atoms with Crippen LogP contribution in [0.25, 0.3) is 0 Å². The third-order valence-electron chi connectivity index (χ3n) is 2.30. The maximum Gasteiger partial charge on any atom is 0.221 e. The number of hydrogen-bond donors (Lipinski definition) is 0. The highest BCUT2D eigenvalue weighted by Crippen LogP contribution is 2.36. The molecule has 0 spiro atoms. The lowest BCUT2D eigenvalue weighted by Gasteiger charge is -2.24. The van der Waals surface area contributed by atoms with Crippen LogP contribution < -0.4 is 20.0 Å². The first kappa shape index (κ1) is 19.7. The van der Waals surface area contributed by atoms with Gasteiger partial charge in [-0.15, -0.1) is 0 Å². The van der Waals surface area contributed by atoms with Crippen LogP contribution in [0.5, 0.6) is 11.5 Å². The Kier molecular flexibility index (Phi) is 5.80. The van der Waals surface area contributed by atoms with Crippen LogP contribution in [0.1, 0.15) is 62.3 Å². The monoisotopic (exact) mass is 340 g/mol. The summed E-state index contributed by atoms with van der Waals surface area (Å²) in [6.07, 6.45) is 0. The van der Waals surface area contributed by atoms with Gasteiger partial charge in [0.25, 0.3) is 0 Å². The molecule has 134 valence electrons. The Labute approximate surface area is 139 Å². The molecule has 0 amide bonds. The van der Waals surface area contributed by atoms with Crippen molar-refractivity contribution in [3.63, 3.8) is 0 Å². The summed E-state index contributed by atoms with van der Waals surface area (Å²) in [7, 11) is 0. The highest BCUT2D eigenvalue weighted by molar-refractivity contribution is 5.96. The van der Waals surface area contributed by atoms with E-state index in [4.69, 9.17) is 19.6 Å². The zero-order chi connectivity index (χ0) is 18.7. The highest BCUT2D eigenvalue weighted by atomic mass is 17.2. The molecule has 0 saturated heterocycles. The summed E-state index contributed by atoms with van der Waals surface area (Å²) in [5, 5.41) is 22.5. The Hall–Kier alpha value is -2.32. The van der Waals surface area contributed by atoms with E-state index in [1.807, 2.05) is 0 Å². The minimum Gasteiger partial charge on any atom is -0.545 e. The molecule has 1 aromatic carbocycles. The van der Waals surface area contributed by atoms with Crippen LogP contribution in [0.4, 0.5) is 0 Å². The van der Waals surface area contributed by atoms with Crippen molar-refractivity contribution in [1.82, 2.24) is 0 Å². The number of aromatic carboxylic acids is 2. The van der Waals surface area contributed by atoms with Crippen molar-refractivity contribution in [2.24, 2.45) is 0 Å². The highest BCUT2D eigenvalue weighted by Gasteiger charge is 2.24. The van der Waals surface area contributed by atoms with Crippen LogP contribution in [0, 0.1) is 0 Å². The average Bonchev–Trinajstić information content (AvgIpc) is 2.40. The normalized spacial score (nSPS) is 11.9. The summed E-state index contributed by atoms with van der Waals surface area (Å²) in [6, 6.07) is 1.98. The third kappa shape index (κ3) is 5.71. The number of carbonyl (C=O) groups is 2. The van der Waals surface area contributed by atoms with Gasteiger partial charge in [-0.05, 0) is 53.7 Å². The van der Waals surface area contributed by atoms with Crippen molar-refractivity contribution >= 4 is 11.9 Å². The summed E-state index contributed by atoms with van der Waals surface area (Å²) >= 11 is 0. The van der Waals surface area contributed by atoms with Gasteiger partial charge in [-0.2, -0.15) is 9.78 Å². The minimum atomic E-state index is -1.60. The molecule has 0 aliphatic heterocycles. The van der Waals surface area contributed by atoms with Gasteiger partial charge in [0.1, 0.15) is 11.2 Å². The predicted octanol–water partition coefficient (Wildman–Crippen LogP) is 0.631. The molecule has 0 N–H and O–H groups in total. The maximum absolute atomic E-state index is 11.3. The van der Waals surface area contributed by atoms with Crippen LogP contribution in [0.2, 0.25) is 0 Å². The van der Waals surface area contributed by atoms with Crippen molar-refractivity contribution in [3.8, 4) is 11.5 Å². The Morgan fingerprint density at radius 1 is 0.750 bits per heavy atom. The van der Waals surface area contributed by atoms with Gasteiger partial charge >= 0.3 is 0 Å². The van der Waals surface area contributed by atoms with E-state index in [1.54, 1.807) is 41.5 Å². The molecule has 0 aromatic heterocycles. The molecule has 24 heavy (non-hydrogen) atoms. The summed E-state index contributed by atoms with van der Waals surface area (Å²) in [6.45, 7) is 9.92. The molecule has 1 aromatic rings.